The van der Waals surface area contributed by atoms with E-state index in [4.69, 9.17) is 9.26 Å². The van der Waals surface area contributed by atoms with Gasteiger partial charge in [-0.1, -0.05) is 58.9 Å². The maximum absolute atomic E-state index is 12.2. The van der Waals surface area contributed by atoms with Crippen LogP contribution >= 0.6 is 0 Å². The molecular formula is C27H35N3O5. The third kappa shape index (κ3) is 5.95. The topological polar surface area (TPSA) is 108 Å². The van der Waals surface area contributed by atoms with Gasteiger partial charge in [0.15, 0.2) is 5.76 Å². The van der Waals surface area contributed by atoms with Crippen LogP contribution in [0.3, 0.4) is 0 Å². The van der Waals surface area contributed by atoms with Crippen LogP contribution in [0.1, 0.15) is 52.7 Å². The quantitative estimate of drug-likeness (QED) is 0.380. The van der Waals surface area contributed by atoms with Crippen LogP contribution in [0, 0.1) is 0 Å². The summed E-state index contributed by atoms with van der Waals surface area (Å²) in [6.45, 7) is 15.0. The maximum Gasteiger partial charge on any atom is 0.414 e. The molecule has 3 N–H and O–H groups in total. The van der Waals surface area contributed by atoms with E-state index in [9.17, 15) is 15.0 Å². The van der Waals surface area contributed by atoms with Gasteiger partial charge in [-0.05, 0) is 47.8 Å². The molecule has 0 aliphatic carbocycles. The van der Waals surface area contributed by atoms with Gasteiger partial charge in [-0.2, -0.15) is 0 Å². The van der Waals surface area contributed by atoms with Gasteiger partial charge in [0, 0.05) is 24.7 Å². The third-order valence-corrected chi connectivity index (χ3v) is 5.88. The summed E-state index contributed by atoms with van der Waals surface area (Å²) in [6, 6.07) is 10.8. The fraction of sp³-hybridized carbons (Fsp3) is 0.407. The van der Waals surface area contributed by atoms with Crippen LogP contribution in [0.4, 0.5) is 4.79 Å². The lowest BCUT2D eigenvalue weighted by Crippen LogP contribution is -2.26. The molecule has 8 nitrogen and oxygen atoms in total. The number of nitrogens with zero attached hydrogens (tertiary/aromatic N) is 2. The Bertz CT molecular complexity index is 1160. The summed E-state index contributed by atoms with van der Waals surface area (Å²) in [5, 5.41) is 27.7. The normalized spacial score (nSPS) is 11.6. The van der Waals surface area contributed by atoms with E-state index in [1.54, 1.807) is 13.0 Å². The summed E-state index contributed by atoms with van der Waals surface area (Å²) in [5.74, 6) is 0.0472. The monoisotopic (exact) mass is 481 g/mol. The van der Waals surface area contributed by atoms with Gasteiger partial charge in [-0.15, -0.1) is 0 Å². The van der Waals surface area contributed by atoms with Crippen LogP contribution in [0.15, 0.2) is 40.9 Å². The molecule has 0 saturated carbocycles. The molecule has 3 aromatic rings. The van der Waals surface area contributed by atoms with Gasteiger partial charge in [0.05, 0.1) is 11.1 Å². The first-order chi connectivity index (χ1) is 16.6. The summed E-state index contributed by atoms with van der Waals surface area (Å²) in [7, 11) is 0. The van der Waals surface area contributed by atoms with Crippen molar-refractivity contribution in [1.29, 1.82) is 0 Å². The van der Waals surface area contributed by atoms with E-state index in [1.165, 1.54) is 6.07 Å². The van der Waals surface area contributed by atoms with Crippen molar-refractivity contribution in [1.82, 2.24) is 15.4 Å². The zero-order chi connectivity index (χ0) is 25.8. The first-order valence-electron chi connectivity index (χ1n) is 11.9. The Morgan fingerprint density at radius 3 is 2.29 bits per heavy atom. The fourth-order valence-electron chi connectivity index (χ4n) is 3.89. The minimum absolute atomic E-state index is 0.00720. The van der Waals surface area contributed by atoms with Gasteiger partial charge in [0.1, 0.15) is 11.5 Å². The second-order valence-electron chi connectivity index (χ2n) is 9.41. The highest BCUT2D eigenvalue weighted by atomic mass is 16.6. The molecule has 0 saturated heterocycles. The molecule has 0 radical (unpaired) electrons. The Morgan fingerprint density at radius 2 is 1.71 bits per heavy atom. The van der Waals surface area contributed by atoms with Gasteiger partial charge < -0.3 is 24.8 Å². The van der Waals surface area contributed by atoms with E-state index in [2.05, 4.69) is 29.2 Å². The second kappa shape index (κ2) is 10.8. The third-order valence-electron chi connectivity index (χ3n) is 5.88. The molecule has 0 aliphatic rings. The van der Waals surface area contributed by atoms with Crippen molar-refractivity contribution in [2.45, 2.75) is 53.5 Å². The van der Waals surface area contributed by atoms with Crippen molar-refractivity contribution in [3.63, 3.8) is 0 Å². The number of benzene rings is 2. The molecule has 0 spiro atoms. The lowest BCUT2D eigenvalue weighted by atomic mass is 9.84. The molecule has 0 fully saturated rings. The molecule has 1 aromatic heterocycles. The van der Waals surface area contributed by atoms with Gasteiger partial charge in [0.25, 0.3) is 5.88 Å². The van der Waals surface area contributed by atoms with Crippen LogP contribution < -0.4 is 10.1 Å². The average molecular weight is 482 g/mol. The second-order valence-corrected chi connectivity index (χ2v) is 9.41. The van der Waals surface area contributed by atoms with Gasteiger partial charge in [-0.3, -0.25) is 4.90 Å². The van der Waals surface area contributed by atoms with E-state index < -0.39 is 6.09 Å². The number of amides is 1. The first-order valence-corrected chi connectivity index (χ1v) is 11.9. The van der Waals surface area contributed by atoms with Crippen LogP contribution in [-0.2, 0) is 12.0 Å². The summed E-state index contributed by atoms with van der Waals surface area (Å²) >= 11 is 0. The predicted octanol–water partition coefficient (Wildman–Crippen LogP) is 5.67. The first kappa shape index (κ1) is 26.1. The Hall–Kier alpha value is -3.52. The number of hydrogen-bond acceptors (Lipinski definition) is 7. The standard InChI is InChI=1S/C27H35N3O5/c1-7-28-26(33)34-25-23(18-12-10-17(11-13-18)16-30(8-2)9-3)24(35-29-25)19-14-20(27(4,5)6)22(32)15-21(19)31/h10-15,31-32H,7-9,16H2,1-6H3,(H,28,33). The maximum atomic E-state index is 12.2. The van der Waals surface area contributed by atoms with E-state index in [-0.39, 0.29) is 28.6 Å². The highest BCUT2D eigenvalue weighted by molar-refractivity contribution is 5.87. The Kier molecular flexibility index (Phi) is 8.07. The molecule has 0 atom stereocenters. The van der Waals surface area contributed by atoms with Crippen molar-refractivity contribution in [2.75, 3.05) is 19.6 Å². The Balaban J connectivity index is 2.13. The molecule has 35 heavy (non-hydrogen) atoms. The van der Waals surface area contributed by atoms with Crippen LogP contribution in [0.25, 0.3) is 22.5 Å². The Morgan fingerprint density at radius 1 is 1.06 bits per heavy atom. The minimum Gasteiger partial charge on any atom is -0.508 e. The number of phenols is 2. The summed E-state index contributed by atoms with van der Waals surface area (Å²) < 4.78 is 11.1. The zero-order valence-corrected chi connectivity index (χ0v) is 21.3. The molecule has 3 rings (SSSR count). The highest BCUT2D eigenvalue weighted by Gasteiger charge is 2.28. The van der Waals surface area contributed by atoms with E-state index in [1.807, 2.05) is 45.0 Å². The molecular weight excluding hydrogens is 446 g/mol. The van der Waals surface area contributed by atoms with E-state index >= 15 is 0 Å². The average Bonchev–Trinajstić information content (AvgIpc) is 3.20. The zero-order valence-electron chi connectivity index (χ0n) is 21.3. The number of nitrogens with one attached hydrogen (secondary N) is 1. The van der Waals surface area contributed by atoms with Crippen molar-refractivity contribution in [2.24, 2.45) is 0 Å². The van der Waals surface area contributed by atoms with E-state index in [0.29, 0.717) is 28.8 Å². The van der Waals surface area contributed by atoms with Crippen molar-refractivity contribution in [3.8, 4) is 39.8 Å². The number of ether oxygens (including phenoxy) is 1. The number of aromatic nitrogens is 1. The fourth-order valence-corrected chi connectivity index (χ4v) is 3.89. The van der Waals surface area contributed by atoms with Gasteiger partial charge in [-0.25, -0.2) is 4.79 Å². The van der Waals surface area contributed by atoms with Crippen LogP contribution in [0.2, 0.25) is 0 Å². The van der Waals surface area contributed by atoms with Crippen molar-refractivity contribution < 1.29 is 24.3 Å². The molecule has 8 heteroatoms. The van der Waals surface area contributed by atoms with Gasteiger partial charge in [0.2, 0.25) is 0 Å². The predicted molar refractivity (Wildman–Crippen MR) is 136 cm³/mol. The highest BCUT2D eigenvalue weighted by Crippen LogP contribution is 2.46. The summed E-state index contributed by atoms with van der Waals surface area (Å²) in [6.07, 6.45) is -0.655. The molecule has 0 aliphatic heterocycles. The Labute approximate surface area is 206 Å². The lowest BCUT2D eigenvalue weighted by Gasteiger charge is -2.21. The van der Waals surface area contributed by atoms with Crippen molar-refractivity contribution in [3.05, 3.63) is 47.5 Å². The number of carbonyl (C=O) groups is 1. The number of hydrogen-bond donors (Lipinski definition) is 3. The molecule has 2 aromatic carbocycles. The minimum atomic E-state index is -0.655. The molecule has 1 amide bonds. The number of rotatable bonds is 8. The van der Waals surface area contributed by atoms with E-state index in [0.717, 1.165) is 25.2 Å². The number of aromatic hydroxyl groups is 2. The molecule has 0 bridgehead atoms. The SMILES string of the molecule is CCNC(=O)Oc1noc(-c2cc(C(C)(C)C)c(O)cc2O)c1-c1ccc(CN(CC)CC)cc1. The smallest absolute Gasteiger partial charge is 0.414 e. The number of carbonyl (C=O) groups excluding carboxylic acids is 1. The lowest BCUT2D eigenvalue weighted by molar-refractivity contribution is 0.196. The van der Waals surface area contributed by atoms with Crippen molar-refractivity contribution >= 4 is 6.09 Å². The van der Waals surface area contributed by atoms with Gasteiger partial charge >= 0.3 is 6.09 Å². The molecule has 0 unspecified atom stereocenters. The number of phenolic OH excluding ortho intramolecular Hbond substituents is 2. The molecule has 188 valence electrons. The summed E-state index contributed by atoms with van der Waals surface area (Å²) in [5.41, 5.74) is 2.88. The largest absolute Gasteiger partial charge is 0.508 e. The molecule has 1 heterocycles. The van der Waals surface area contributed by atoms with Crippen LogP contribution in [-0.4, -0.2) is 46.0 Å². The summed E-state index contributed by atoms with van der Waals surface area (Å²) in [4.78, 5) is 14.5. The van der Waals surface area contributed by atoms with Crippen LogP contribution in [0.5, 0.6) is 17.4 Å².